The van der Waals surface area contributed by atoms with Crippen molar-refractivity contribution in [2.24, 2.45) is 5.73 Å². The van der Waals surface area contributed by atoms with Crippen molar-refractivity contribution in [3.8, 4) is 11.5 Å². The number of aromatic amines is 1. The van der Waals surface area contributed by atoms with E-state index in [2.05, 4.69) is 42.4 Å². The average molecular weight is 324 g/mol. The molecular formula is C20H24N2O2. The topological polar surface area (TPSA) is 60.3 Å². The Kier molecular flexibility index (Phi) is 4.76. The first-order valence-corrected chi connectivity index (χ1v) is 8.15. The predicted octanol–water partition coefficient (Wildman–Crippen LogP) is 3.78. The van der Waals surface area contributed by atoms with Crippen LogP contribution in [0.3, 0.4) is 0 Å². The minimum atomic E-state index is 0.249. The van der Waals surface area contributed by atoms with Gasteiger partial charge in [-0.3, -0.25) is 0 Å². The molecule has 3 aromatic rings. The van der Waals surface area contributed by atoms with Crippen molar-refractivity contribution in [1.29, 1.82) is 0 Å². The first-order chi connectivity index (χ1) is 11.7. The number of aryl methyl sites for hydroxylation is 1. The number of nitrogens with one attached hydrogen (secondary N) is 1. The molecule has 1 aromatic heterocycles. The van der Waals surface area contributed by atoms with E-state index >= 15 is 0 Å². The molecule has 2 aromatic carbocycles. The van der Waals surface area contributed by atoms with Crippen LogP contribution in [0.25, 0.3) is 10.9 Å². The van der Waals surface area contributed by atoms with Gasteiger partial charge in [0.1, 0.15) is 0 Å². The van der Waals surface area contributed by atoms with Crippen molar-refractivity contribution in [3.63, 3.8) is 0 Å². The molecule has 0 radical (unpaired) electrons. The van der Waals surface area contributed by atoms with Crippen LogP contribution < -0.4 is 15.2 Å². The van der Waals surface area contributed by atoms with Gasteiger partial charge in [0.25, 0.3) is 0 Å². The van der Waals surface area contributed by atoms with E-state index in [0.717, 1.165) is 23.4 Å². The van der Waals surface area contributed by atoms with Crippen molar-refractivity contribution >= 4 is 10.9 Å². The van der Waals surface area contributed by atoms with Gasteiger partial charge in [-0.2, -0.15) is 0 Å². The lowest BCUT2D eigenvalue weighted by molar-refractivity contribution is 0.354. The van der Waals surface area contributed by atoms with Crippen molar-refractivity contribution in [2.75, 3.05) is 20.8 Å². The van der Waals surface area contributed by atoms with Crippen LogP contribution in [0.5, 0.6) is 11.5 Å². The van der Waals surface area contributed by atoms with Crippen LogP contribution in [0.1, 0.15) is 22.6 Å². The van der Waals surface area contributed by atoms with Gasteiger partial charge in [0.05, 0.1) is 14.2 Å². The van der Waals surface area contributed by atoms with E-state index in [-0.39, 0.29) is 5.92 Å². The molecule has 0 spiro atoms. The van der Waals surface area contributed by atoms with Gasteiger partial charge < -0.3 is 20.2 Å². The Balaban J connectivity index is 1.93. The Labute approximate surface area is 142 Å². The van der Waals surface area contributed by atoms with Gasteiger partial charge >= 0.3 is 0 Å². The second kappa shape index (κ2) is 6.97. The molecule has 4 nitrogen and oxygen atoms in total. The van der Waals surface area contributed by atoms with Gasteiger partial charge in [0, 0.05) is 23.0 Å². The Hall–Kier alpha value is -2.46. The molecule has 1 heterocycles. The number of hydrogen-bond acceptors (Lipinski definition) is 3. The first kappa shape index (κ1) is 16.4. The molecule has 1 atom stereocenters. The summed E-state index contributed by atoms with van der Waals surface area (Å²) in [5.74, 6) is 1.74. The molecule has 3 N–H and O–H groups in total. The molecule has 1 unspecified atom stereocenters. The fourth-order valence-electron chi connectivity index (χ4n) is 3.21. The molecule has 126 valence electrons. The lowest BCUT2D eigenvalue weighted by Crippen LogP contribution is -2.15. The maximum absolute atomic E-state index is 6.10. The highest BCUT2D eigenvalue weighted by atomic mass is 16.5. The van der Waals surface area contributed by atoms with Gasteiger partial charge in [-0.25, -0.2) is 0 Å². The molecular weight excluding hydrogens is 300 g/mol. The molecule has 24 heavy (non-hydrogen) atoms. The average Bonchev–Trinajstić information content (AvgIpc) is 3.02. The standard InChI is InChI=1S/C20H24N2O2/c1-13-4-6-18-16(8-13)17(12-22-18)15(11-21)9-14-5-7-19(23-2)20(10-14)24-3/h4-8,10,12,15,22H,9,11,21H2,1-3H3. The Bertz CT molecular complexity index is 839. The lowest BCUT2D eigenvalue weighted by Gasteiger charge is -2.16. The number of aromatic nitrogens is 1. The molecule has 0 fully saturated rings. The zero-order valence-electron chi connectivity index (χ0n) is 14.4. The fourth-order valence-corrected chi connectivity index (χ4v) is 3.21. The zero-order valence-corrected chi connectivity index (χ0v) is 14.4. The third kappa shape index (κ3) is 3.10. The predicted molar refractivity (Wildman–Crippen MR) is 98.1 cm³/mol. The van der Waals surface area contributed by atoms with Gasteiger partial charge in [-0.05, 0) is 55.3 Å². The summed E-state index contributed by atoms with van der Waals surface area (Å²) in [6, 6.07) is 12.5. The van der Waals surface area contributed by atoms with Crippen molar-refractivity contribution < 1.29 is 9.47 Å². The van der Waals surface area contributed by atoms with Gasteiger partial charge in [0.2, 0.25) is 0 Å². The minimum absolute atomic E-state index is 0.249. The zero-order chi connectivity index (χ0) is 17.1. The van der Waals surface area contributed by atoms with E-state index in [1.54, 1.807) is 14.2 Å². The second-order valence-electron chi connectivity index (χ2n) is 6.12. The SMILES string of the molecule is COc1ccc(CC(CN)c2c[nH]c3ccc(C)cc23)cc1OC. The van der Waals surface area contributed by atoms with E-state index < -0.39 is 0 Å². The van der Waals surface area contributed by atoms with Crippen LogP contribution in [0.2, 0.25) is 0 Å². The number of ether oxygens (including phenoxy) is 2. The van der Waals surface area contributed by atoms with Crippen LogP contribution in [-0.2, 0) is 6.42 Å². The van der Waals surface area contributed by atoms with Crippen LogP contribution in [0, 0.1) is 6.92 Å². The number of benzene rings is 2. The van der Waals surface area contributed by atoms with Crippen molar-refractivity contribution in [3.05, 3.63) is 59.3 Å². The maximum Gasteiger partial charge on any atom is 0.160 e. The molecule has 0 saturated carbocycles. The van der Waals surface area contributed by atoms with Crippen LogP contribution in [0.4, 0.5) is 0 Å². The molecule has 0 bridgehead atoms. The summed E-state index contributed by atoms with van der Waals surface area (Å²) in [5, 5.41) is 1.26. The van der Waals surface area contributed by atoms with Crippen LogP contribution in [-0.4, -0.2) is 25.7 Å². The van der Waals surface area contributed by atoms with E-state index in [1.165, 1.54) is 22.1 Å². The van der Waals surface area contributed by atoms with Crippen molar-refractivity contribution in [2.45, 2.75) is 19.3 Å². The number of methoxy groups -OCH3 is 2. The number of H-pyrrole nitrogens is 1. The summed E-state index contributed by atoms with van der Waals surface area (Å²) < 4.78 is 10.7. The maximum atomic E-state index is 6.10. The second-order valence-corrected chi connectivity index (χ2v) is 6.12. The summed E-state index contributed by atoms with van der Waals surface area (Å²) >= 11 is 0. The summed E-state index contributed by atoms with van der Waals surface area (Å²) in [5.41, 5.74) is 11.0. The van der Waals surface area contributed by atoms with Crippen molar-refractivity contribution in [1.82, 2.24) is 4.98 Å². The summed E-state index contributed by atoms with van der Waals surface area (Å²) in [6.45, 7) is 2.71. The molecule has 0 aliphatic rings. The Morgan fingerprint density at radius 2 is 1.83 bits per heavy atom. The normalized spacial score (nSPS) is 12.3. The van der Waals surface area contributed by atoms with E-state index in [1.807, 2.05) is 12.1 Å². The van der Waals surface area contributed by atoms with E-state index in [9.17, 15) is 0 Å². The third-order valence-electron chi connectivity index (χ3n) is 4.52. The largest absolute Gasteiger partial charge is 0.493 e. The highest BCUT2D eigenvalue weighted by Gasteiger charge is 2.16. The summed E-state index contributed by atoms with van der Waals surface area (Å²) in [4.78, 5) is 3.36. The van der Waals surface area contributed by atoms with Gasteiger partial charge in [0.15, 0.2) is 11.5 Å². The monoisotopic (exact) mass is 324 g/mol. The lowest BCUT2D eigenvalue weighted by atomic mass is 9.91. The highest BCUT2D eigenvalue weighted by Crippen LogP contribution is 2.32. The smallest absolute Gasteiger partial charge is 0.160 e. The molecule has 3 rings (SSSR count). The molecule has 0 saturated heterocycles. The fraction of sp³-hybridized carbons (Fsp3) is 0.300. The number of nitrogens with two attached hydrogens (primary N) is 1. The third-order valence-corrected chi connectivity index (χ3v) is 4.52. The molecule has 4 heteroatoms. The number of rotatable bonds is 6. The van der Waals surface area contributed by atoms with E-state index in [4.69, 9.17) is 15.2 Å². The minimum Gasteiger partial charge on any atom is -0.493 e. The molecule has 0 aliphatic carbocycles. The van der Waals surface area contributed by atoms with Gasteiger partial charge in [-0.1, -0.05) is 17.7 Å². The number of fused-ring (bicyclic) bond motifs is 1. The van der Waals surface area contributed by atoms with Gasteiger partial charge in [-0.15, -0.1) is 0 Å². The van der Waals surface area contributed by atoms with Crippen LogP contribution >= 0.6 is 0 Å². The Morgan fingerprint density at radius 3 is 2.54 bits per heavy atom. The Morgan fingerprint density at radius 1 is 1.04 bits per heavy atom. The highest BCUT2D eigenvalue weighted by molar-refractivity contribution is 5.84. The summed E-state index contributed by atoms with van der Waals surface area (Å²) in [7, 11) is 3.30. The quantitative estimate of drug-likeness (QED) is 0.725. The first-order valence-electron chi connectivity index (χ1n) is 8.15. The molecule has 0 amide bonds. The number of hydrogen-bond donors (Lipinski definition) is 2. The molecule has 0 aliphatic heterocycles. The summed E-state index contributed by atoms with van der Waals surface area (Å²) in [6.07, 6.45) is 2.94. The van der Waals surface area contributed by atoms with E-state index in [0.29, 0.717) is 6.54 Å². The van der Waals surface area contributed by atoms with Crippen LogP contribution in [0.15, 0.2) is 42.6 Å².